The molecule has 11 heteroatoms. The third kappa shape index (κ3) is 11.2. The SMILES string of the molecule is CO[Si](CCN=Cc1ccc(N(c2ccccc2)c2ccc(-c3ccc(N(c4ccccc4)c4ccc(C=NC=C(CC=O)[SiH2]C=O)cc4)cc3)cc2)cc1)(OC)OC. The summed E-state index contributed by atoms with van der Waals surface area (Å²) in [5.74, 6) is 0.920. The molecule has 0 heterocycles. The third-order valence-corrected chi connectivity index (χ3v) is 13.7. The predicted octanol–water partition coefficient (Wildman–Crippen LogP) is 9.80. The van der Waals surface area contributed by atoms with E-state index < -0.39 is 18.3 Å². The molecule has 0 aliphatic carbocycles. The van der Waals surface area contributed by atoms with E-state index in [0.29, 0.717) is 12.6 Å². The number of rotatable bonds is 20. The highest BCUT2D eigenvalue weighted by Gasteiger charge is 2.36. The van der Waals surface area contributed by atoms with Crippen LogP contribution in [0.5, 0.6) is 0 Å². The third-order valence-electron chi connectivity index (χ3n) is 9.81. The van der Waals surface area contributed by atoms with Gasteiger partial charge in [-0.05, 0) is 95.1 Å². The molecule has 0 aromatic heterocycles. The van der Waals surface area contributed by atoms with Gasteiger partial charge in [0.1, 0.15) is 15.8 Å². The molecule has 9 nitrogen and oxygen atoms in total. The lowest BCUT2D eigenvalue weighted by atomic mass is 10.0. The second kappa shape index (κ2) is 21.4. The summed E-state index contributed by atoms with van der Waals surface area (Å²) >= 11 is 0. The lowest BCUT2D eigenvalue weighted by Gasteiger charge is -2.26. The fraction of sp³-hybridized carbons (Fsp3) is 0.125. The molecular formula is C48H48N4O5Si2. The summed E-state index contributed by atoms with van der Waals surface area (Å²) in [4.78, 5) is 35.4. The number of nitrogens with zero attached hydrogens (tertiary/aromatic N) is 4. The van der Waals surface area contributed by atoms with Crippen LogP contribution >= 0.6 is 0 Å². The lowest BCUT2D eigenvalue weighted by Crippen LogP contribution is -2.43. The van der Waals surface area contributed by atoms with E-state index in [4.69, 9.17) is 13.3 Å². The Morgan fingerprint density at radius 3 is 1.37 bits per heavy atom. The molecule has 59 heavy (non-hydrogen) atoms. The van der Waals surface area contributed by atoms with Crippen molar-refractivity contribution in [2.45, 2.75) is 12.5 Å². The van der Waals surface area contributed by atoms with E-state index in [-0.39, 0.29) is 6.42 Å². The van der Waals surface area contributed by atoms with Crippen LogP contribution in [0.25, 0.3) is 11.1 Å². The highest BCUT2D eigenvalue weighted by Crippen LogP contribution is 2.38. The Labute approximate surface area is 350 Å². The molecule has 0 saturated heterocycles. The largest absolute Gasteiger partial charge is 0.502 e. The molecule has 6 aromatic rings. The zero-order valence-corrected chi connectivity index (χ0v) is 36.0. The Kier molecular flexibility index (Phi) is 15.3. The van der Waals surface area contributed by atoms with E-state index in [0.717, 1.165) is 73.8 Å². The number of anilines is 6. The molecule has 0 saturated carbocycles. The van der Waals surface area contributed by atoms with E-state index in [1.54, 1.807) is 33.7 Å². The molecular weight excluding hydrogens is 769 g/mol. The first-order chi connectivity index (χ1) is 29.0. The highest BCUT2D eigenvalue weighted by molar-refractivity contribution is 6.73. The summed E-state index contributed by atoms with van der Waals surface area (Å²) < 4.78 is 16.5. The van der Waals surface area contributed by atoms with Gasteiger partial charge in [-0.15, -0.1) is 0 Å². The Balaban J connectivity index is 1.20. The van der Waals surface area contributed by atoms with Crippen molar-refractivity contribution in [1.82, 2.24) is 0 Å². The van der Waals surface area contributed by atoms with Crippen LogP contribution in [0.4, 0.5) is 34.1 Å². The zero-order valence-electron chi connectivity index (χ0n) is 33.6. The van der Waals surface area contributed by atoms with Crippen LogP contribution in [0.1, 0.15) is 17.5 Å². The minimum atomic E-state index is -2.66. The smallest absolute Gasteiger partial charge is 0.377 e. The summed E-state index contributed by atoms with van der Waals surface area (Å²) in [5.41, 5.74) is 10.3. The van der Waals surface area contributed by atoms with Gasteiger partial charge in [0.25, 0.3) is 0 Å². The fourth-order valence-corrected chi connectivity index (χ4v) is 8.86. The van der Waals surface area contributed by atoms with E-state index in [1.807, 2.05) is 42.6 Å². The number of hydrogen-bond donors (Lipinski definition) is 0. The van der Waals surface area contributed by atoms with E-state index in [9.17, 15) is 9.59 Å². The van der Waals surface area contributed by atoms with Gasteiger partial charge in [-0.3, -0.25) is 9.98 Å². The number of benzene rings is 6. The van der Waals surface area contributed by atoms with Crippen LogP contribution in [0.2, 0.25) is 6.04 Å². The first kappa shape index (κ1) is 42.3. The van der Waals surface area contributed by atoms with Gasteiger partial charge in [0.05, 0.1) is 5.91 Å². The summed E-state index contributed by atoms with van der Waals surface area (Å²) in [6, 6.07) is 55.0. The minimum Gasteiger partial charge on any atom is -0.377 e. The molecule has 0 bridgehead atoms. The van der Waals surface area contributed by atoms with Crippen molar-refractivity contribution in [3.63, 3.8) is 0 Å². The molecule has 0 fully saturated rings. The molecule has 0 spiro atoms. The van der Waals surface area contributed by atoms with Gasteiger partial charge >= 0.3 is 8.80 Å². The van der Waals surface area contributed by atoms with Crippen LogP contribution in [0.15, 0.2) is 179 Å². The van der Waals surface area contributed by atoms with E-state index in [2.05, 4.69) is 141 Å². The average molecular weight is 817 g/mol. The normalized spacial score (nSPS) is 12.1. The van der Waals surface area contributed by atoms with Crippen LogP contribution in [-0.4, -0.2) is 70.8 Å². The molecule has 0 aliphatic heterocycles. The zero-order chi connectivity index (χ0) is 41.3. The summed E-state index contributed by atoms with van der Waals surface area (Å²) in [6.45, 7) is 0.544. The van der Waals surface area contributed by atoms with Crippen molar-refractivity contribution in [1.29, 1.82) is 0 Å². The van der Waals surface area contributed by atoms with Gasteiger partial charge in [0.2, 0.25) is 0 Å². The number of carbonyl (C=O) groups is 2. The van der Waals surface area contributed by atoms with Gasteiger partial charge in [-0.2, -0.15) is 0 Å². The molecule has 6 rings (SSSR count). The van der Waals surface area contributed by atoms with Crippen molar-refractivity contribution in [3.05, 3.63) is 180 Å². The number of para-hydroxylation sites is 2. The quantitative estimate of drug-likeness (QED) is 0.0431. The van der Waals surface area contributed by atoms with Crippen LogP contribution in [0, 0.1) is 0 Å². The maximum atomic E-state index is 11.0. The monoisotopic (exact) mass is 816 g/mol. The Morgan fingerprint density at radius 2 is 0.966 bits per heavy atom. The van der Waals surface area contributed by atoms with Gasteiger partial charge in [-0.1, -0.05) is 90.1 Å². The summed E-state index contributed by atoms with van der Waals surface area (Å²) in [7, 11) is 1.09. The standard InChI is InChI=1S/C48H48N4O5Si2/c1-55-59(56-2,57-3)33-31-49-34-38-14-22-44(23-15-38)51(42-10-6-4-7-11-42)46-26-18-40(19-27-46)41-20-28-47(29-21-41)52(43-12-8-5-9-13-43)45-24-16-39(17-25-45)35-50-36-48(30-32-53)58-37-54/h4-29,32,34-37H,30-31,33,58H2,1-3H3. The van der Waals surface area contributed by atoms with Crippen molar-refractivity contribution in [2.75, 3.05) is 37.7 Å². The molecule has 0 amide bonds. The van der Waals surface area contributed by atoms with Crippen molar-refractivity contribution < 1.29 is 22.9 Å². The molecule has 0 unspecified atom stereocenters. The Bertz CT molecular complexity index is 2300. The maximum absolute atomic E-state index is 11.0. The number of carbonyl (C=O) groups excluding carboxylic acids is 2. The molecule has 6 aromatic carbocycles. The van der Waals surface area contributed by atoms with Crippen molar-refractivity contribution >= 4 is 77.1 Å². The van der Waals surface area contributed by atoms with E-state index in [1.165, 1.54) is 0 Å². The van der Waals surface area contributed by atoms with Crippen LogP contribution in [0.3, 0.4) is 0 Å². The second-order valence-electron chi connectivity index (χ2n) is 13.5. The summed E-state index contributed by atoms with van der Waals surface area (Å²) in [6.07, 6.45) is 6.33. The Hall–Kier alpha value is -6.35. The second-order valence-corrected chi connectivity index (χ2v) is 18.2. The number of aldehydes is 1. The first-order valence-electron chi connectivity index (χ1n) is 19.3. The van der Waals surface area contributed by atoms with Gasteiger partial charge in [0.15, 0.2) is 0 Å². The van der Waals surface area contributed by atoms with Gasteiger partial charge in [0, 0.05) is 93.1 Å². The van der Waals surface area contributed by atoms with Crippen LogP contribution < -0.4 is 9.80 Å². The molecule has 298 valence electrons. The lowest BCUT2D eigenvalue weighted by molar-refractivity contribution is -0.107. The first-order valence-corrected chi connectivity index (χ1v) is 22.8. The average Bonchev–Trinajstić information content (AvgIpc) is 3.29. The molecule has 0 atom stereocenters. The fourth-order valence-electron chi connectivity index (χ4n) is 6.63. The highest BCUT2D eigenvalue weighted by atomic mass is 28.4. The summed E-state index contributed by atoms with van der Waals surface area (Å²) in [5, 5.41) is 0.814. The number of hydrogen-bond acceptors (Lipinski definition) is 9. The Morgan fingerprint density at radius 1 is 0.559 bits per heavy atom. The number of allylic oxidation sites excluding steroid dienone is 1. The maximum Gasteiger partial charge on any atom is 0.502 e. The molecule has 0 aliphatic rings. The topological polar surface area (TPSA) is 93.0 Å². The van der Waals surface area contributed by atoms with Crippen molar-refractivity contribution in [2.24, 2.45) is 9.98 Å². The molecule has 0 N–H and O–H groups in total. The number of aliphatic imine (C=N–C) groups is 2. The minimum absolute atomic E-state index is 0.252. The van der Waals surface area contributed by atoms with Crippen LogP contribution in [-0.2, 0) is 22.9 Å². The van der Waals surface area contributed by atoms with E-state index >= 15 is 0 Å². The van der Waals surface area contributed by atoms with Crippen molar-refractivity contribution in [3.8, 4) is 11.1 Å². The van der Waals surface area contributed by atoms with Gasteiger partial charge in [-0.25, -0.2) is 0 Å². The van der Waals surface area contributed by atoms with Gasteiger partial charge < -0.3 is 32.7 Å². The predicted molar refractivity (Wildman–Crippen MR) is 247 cm³/mol. The molecule has 0 radical (unpaired) electrons.